The molecule has 2 N–H and O–H groups in total. The summed E-state index contributed by atoms with van der Waals surface area (Å²) < 4.78 is 1.08. The van der Waals surface area contributed by atoms with E-state index in [0.717, 1.165) is 40.7 Å². The van der Waals surface area contributed by atoms with Crippen molar-refractivity contribution in [2.75, 3.05) is 37.8 Å². The first-order valence-corrected chi connectivity index (χ1v) is 8.01. The van der Waals surface area contributed by atoms with E-state index >= 15 is 0 Å². The molecule has 118 valence electrons. The largest absolute Gasteiger partial charge is 0.369 e. The third-order valence-corrected chi connectivity index (χ3v) is 4.00. The summed E-state index contributed by atoms with van der Waals surface area (Å²) in [6, 6.07) is 8.08. The summed E-state index contributed by atoms with van der Waals surface area (Å²) in [5, 5.41) is 6.64. The number of benzene rings is 1. The predicted octanol–water partition coefficient (Wildman–Crippen LogP) is 3.57. The average Bonchev–Trinajstić information content (AvgIpc) is 2.42. The number of nitrogens with one attached hydrogen (secondary N) is 2. The quantitative estimate of drug-likeness (QED) is 0.821. The Morgan fingerprint density at radius 3 is 2.50 bits per heavy atom. The van der Waals surface area contributed by atoms with Gasteiger partial charge in [0.1, 0.15) is 17.5 Å². The van der Waals surface area contributed by atoms with E-state index in [1.165, 1.54) is 5.56 Å². The van der Waals surface area contributed by atoms with E-state index in [1.807, 2.05) is 25.1 Å². The maximum absolute atomic E-state index is 4.44. The highest BCUT2D eigenvalue weighted by Crippen LogP contribution is 2.23. The van der Waals surface area contributed by atoms with Crippen LogP contribution in [0.4, 0.5) is 17.3 Å². The molecule has 6 heteroatoms. The zero-order chi connectivity index (χ0) is 16.1. The average molecular weight is 364 g/mol. The van der Waals surface area contributed by atoms with Crippen LogP contribution in [0.1, 0.15) is 11.4 Å². The normalized spacial score (nSPS) is 10.8. The Labute approximate surface area is 140 Å². The Morgan fingerprint density at radius 1 is 1.09 bits per heavy atom. The minimum atomic E-state index is 0.739. The molecule has 0 fully saturated rings. The lowest BCUT2D eigenvalue weighted by Crippen LogP contribution is -2.21. The number of likely N-dealkylation sites (N-methyl/N-ethyl adjacent to an activating group) is 1. The number of aryl methyl sites for hydroxylation is 2. The molecule has 0 aliphatic carbocycles. The Balaban J connectivity index is 2.10. The molecule has 22 heavy (non-hydrogen) atoms. The van der Waals surface area contributed by atoms with Crippen LogP contribution in [0.15, 0.2) is 28.7 Å². The van der Waals surface area contributed by atoms with Crippen LogP contribution < -0.4 is 10.6 Å². The van der Waals surface area contributed by atoms with Crippen LogP contribution in [0, 0.1) is 13.8 Å². The molecule has 0 bridgehead atoms. The Hall–Kier alpha value is -1.66. The molecule has 0 saturated carbocycles. The van der Waals surface area contributed by atoms with Gasteiger partial charge in [-0.3, -0.25) is 0 Å². The van der Waals surface area contributed by atoms with Gasteiger partial charge in [-0.1, -0.05) is 22.0 Å². The summed E-state index contributed by atoms with van der Waals surface area (Å²) in [4.78, 5) is 11.0. The van der Waals surface area contributed by atoms with Crippen LogP contribution in [-0.4, -0.2) is 42.1 Å². The Kier molecular flexibility index (Phi) is 5.74. The monoisotopic (exact) mass is 363 g/mol. The SMILES string of the molecule is Cc1nc(NCCN(C)C)cc(Nc2ccc(C)c(Br)c2)n1. The van der Waals surface area contributed by atoms with Gasteiger partial charge >= 0.3 is 0 Å². The molecular formula is C16H22BrN5. The fourth-order valence-corrected chi connectivity index (χ4v) is 2.33. The van der Waals surface area contributed by atoms with Crippen molar-refractivity contribution < 1.29 is 0 Å². The number of anilines is 3. The van der Waals surface area contributed by atoms with Crippen LogP contribution >= 0.6 is 15.9 Å². The Bertz CT molecular complexity index is 642. The van der Waals surface area contributed by atoms with Crippen LogP contribution in [0.25, 0.3) is 0 Å². The van der Waals surface area contributed by atoms with E-state index in [-0.39, 0.29) is 0 Å². The summed E-state index contributed by atoms with van der Waals surface area (Å²) >= 11 is 3.55. The third-order valence-electron chi connectivity index (χ3n) is 3.15. The fraction of sp³-hybridized carbons (Fsp3) is 0.375. The van der Waals surface area contributed by atoms with Crippen molar-refractivity contribution in [1.82, 2.24) is 14.9 Å². The summed E-state index contributed by atoms with van der Waals surface area (Å²) in [7, 11) is 4.10. The predicted molar refractivity (Wildman–Crippen MR) is 96.0 cm³/mol. The molecular weight excluding hydrogens is 342 g/mol. The maximum atomic E-state index is 4.44. The molecule has 0 aliphatic rings. The highest BCUT2D eigenvalue weighted by Gasteiger charge is 2.04. The highest BCUT2D eigenvalue weighted by atomic mass is 79.9. The van der Waals surface area contributed by atoms with Crippen molar-refractivity contribution in [2.24, 2.45) is 0 Å². The van der Waals surface area contributed by atoms with E-state index < -0.39 is 0 Å². The van der Waals surface area contributed by atoms with Gasteiger partial charge in [-0.05, 0) is 45.6 Å². The minimum Gasteiger partial charge on any atom is -0.369 e. The first kappa shape index (κ1) is 16.7. The van der Waals surface area contributed by atoms with Gasteiger partial charge in [0.15, 0.2) is 0 Å². The number of rotatable bonds is 6. The minimum absolute atomic E-state index is 0.739. The van der Waals surface area contributed by atoms with Crippen molar-refractivity contribution >= 4 is 33.3 Å². The standard InChI is InChI=1S/C16H22BrN5/c1-11-5-6-13(9-14(11)17)21-16-10-15(19-12(2)20-16)18-7-8-22(3)4/h5-6,9-10H,7-8H2,1-4H3,(H2,18,19,20,21). The van der Waals surface area contributed by atoms with Gasteiger partial charge in [0.2, 0.25) is 0 Å². The van der Waals surface area contributed by atoms with Gasteiger partial charge in [0.05, 0.1) is 0 Å². The zero-order valence-electron chi connectivity index (χ0n) is 13.4. The van der Waals surface area contributed by atoms with E-state index in [0.29, 0.717) is 0 Å². The van der Waals surface area contributed by atoms with Crippen molar-refractivity contribution in [1.29, 1.82) is 0 Å². The van der Waals surface area contributed by atoms with Crippen molar-refractivity contribution in [3.8, 4) is 0 Å². The number of aromatic nitrogens is 2. The fourth-order valence-electron chi connectivity index (χ4n) is 1.95. The van der Waals surface area contributed by atoms with Gasteiger partial charge in [-0.15, -0.1) is 0 Å². The second kappa shape index (κ2) is 7.56. The molecule has 0 radical (unpaired) electrons. The van der Waals surface area contributed by atoms with Gasteiger partial charge in [0, 0.05) is 29.3 Å². The van der Waals surface area contributed by atoms with Crippen molar-refractivity contribution in [3.63, 3.8) is 0 Å². The first-order chi connectivity index (χ1) is 10.4. The zero-order valence-corrected chi connectivity index (χ0v) is 15.0. The van der Waals surface area contributed by atoms with E-state index in [1.54, 1.807) is 0 Å². The van der Waals surface area contributed by atoms with Crippen LogP contribution in [0.2, 0.25) is 0 Å². The molecule has 0 spiro atoms. The molecule has 1 aromatic heterocycles. The second-order valence-electron chi connectivity index (χ2n) is 5.50. The van der Waals surface area contributed by atoms with E-state index in [2.05, 4.69) is 68.5 Å². The smallest absolute Gasteiger partial charge is 0.136 e. The number of halogens is 1. The molecule has 0 aliphatic heterocycles. The lowest BCUT2D eigenvalue weighted by atomic mass is 10.2. The summed E-state index contributed by atoms with van der Waals surface area (Å²) in [6.07, 6.45) is 0. The third kappa shape index (κ3) is 4.96. The van der Waals surface area contributed by atoms with Crippen molar-refractivity contribution in [2.45, 2.75) is 13.8 Å². The molecule has 2 aromatic rings. The van der Waals surface area contributed by atoms with Gasteiger partial charge in [0.25, 0.3) is 0 Å². The Morgan fingerprint density at radius 2 is 1.82 bits per heavy atom. The molecule has 1 aromatic carbocycles. The van der Waals surface area contributed by atoms with Crippen LogP contribution in [0.3, 0.4) is 0 Å². The van der Waals surface area contributed by atoms with Gasteiger partial charge in [-0.25, -0.2) is 9.97 Å². The summed E-state index contributed by atoms with van der Waals surface area (Å²) in [5.74, 6) is 2.36. The second-order valence-corrected chi connectivity index (χ2v) is 6.36. The molecule has 5 nitrogen and oxygen atoms in total. The molecule has 0 amide bonds. The highest BCUT2D eigenvalue weighted by molar-refractivity contribution is 9.10. The molecule has 0 unspecified atom stereocenters. The van der Waals surface area contributed by atoms with Crippen molar-refractivity contribution in [3.05, 3.63) is 40.1 Å². The first-order valence-electron chi connectivity index (χ1n) is 7.21. The molecule has 1 heterocycles. The summed E-state index contributed by atoms with van der Waals surface area (Å²) in [6.45, 7) is 5.76. The van der Waals surface area contributed by atoms with Crippen LogP contribution in [0.5, 0.6) is 0 Å². The van der Waals surface area contributed by atoms with Gasteiger partial charge < -0.3 is 15.5 Å². The van der Waals surface area contributed by atoms with E-state index in [4.69, 9.17) is 0 Å². The van der Waals surface area contributed by atoms with E-state index in [9.17, 15) is 0 Å². The molecule has 2 rings (SSSR count). The lowest BCUT2D eigenvalue weighted by Gasteiger charge is -2.13. The number of hydrogen-bond acceptors (Lipinski definition) is 5. The number of hydrogen-bond donors (Lipinski definition) is 2. The van der Waals surface area contributed by atoms with Gasteiger partial charge in [-0.2, -0.15) is 0 Å². The lowest BCUT2D eigenvalue weighted by molar-refractivity contribution is 0.425. The molecule has 0 saturated heterocycles. The van der Waals surface area contributed by atoms with Crippen LogP contribution in [-0.2, 0) is 0 Å². The summed E-state index contributed by atoms with van der Waals surface area (Å²) in [5.41, 5.74) is 2.20. The maximum Gasteiger partial charge on any atom is 0.136 e. The number of nitrogens with zero attached hydrogens (tertiary/aromatic N) is 3. The topological polar surface area (TPSA) is 53.1 Å². The molecule has 0 atom stereocenters.